The van der Waals surface area contributed by atoms with Crippen LogP contribution >= 0.6 is 0 Å². The van der Waals surface area contributed by atoms with Gasteiger partial charge in [-0.25, -0.2) is 0 Å². The standard InChI is InChI=1S/C14H18N2O/c1-2-16(11-7-8-11)14(17)13-9-10-5-3-4-6-12(10)15-13/h3-6,11,13,15H,2,7-9H2,1H3. The predicted molar refractivity (Wildman–Crippen MR) is 68.0 cm³/mol. The van der Waals surface area contributed by atoms with E-state index in [2.05, 4.69) is 24.4 Å². The molecule has 1 saturated carbocycles. The van der Waals surface area contributed by atoms with Crippen LogP contribution < -0.4 is 5.32 Å². The van der Waals surface area contributed by atoms with Crippen LogP contribution in [0.3, 0.4) is 0 Å². The number of likely N-dealkylation sites (N-methyl/N-ethyl adjacent to an activating group) is 1. The Morgan fingerprint density at radius 1 is 1.41 bits per heavy atom. The molecular formula is C14H18N2O. The van der Waals surface area contributed by atoms with E-state index in [1.54, 1.807) is 0 Å². The van der Waals surface area contributed by atoms with Gasteiger partial charge in [0.05, 0.1) is 0 Å². The zero-order valence-corrected chi connectivity index (χ0v) is 10.1. The number of benzene rings is 1. The second kappa shape index (κ2) is 4.06. The second-order valence-electron chi connectivity index (χ2n) is 4.91. The van der Waals surface area contributed by atoms with Gasteiger partial charge in [-0.15, -0.1) is 0 Å². The summed E-state index contributed by atoms with van der Waals surface area (Å²) in [4.78, 5) is 14.4. The van der Waals surface area contributed by atoms with Crippen molar-refractivity contribution in [3.63, 3.8) is 0 Å². The monoisotopic (exact) mass is 230 g/mol. The van der Waals surface area contributed by atoms with E-state index in [0.29, 0.717) is 6.04 Å². The molecule has 3 heteroatoms. The molecule has 1 aliphatic carbocycles. The molecule has 1 heterocycles. The van der Waals surface area contributed by atoms with Crippen molar-refractivity contribution in [3.05, 3.63) is 29.8 Å². The van der Waals surface area contributed by atoms with Gasteiger partial charge in [-0.2, -0.15) is 0 Å². The molecule has 2 aliphatic rings. The van der Waals surface area contributed by atoms with Crippen LogP contribution in [0.5, 0.6) is 0 Å². The fourth-order valence-electron chi connectivity index (χ4n) is 2.63. The van der Waals surface area contributed by atoms with Gasteiger partial charge in [-0.1, -0.05) is 18.2 Å². The molecule has 0 radical (unpaired) electrons. The van der Waals surface area contributed by atoms with Gasteiger partial charge in [0, 0.05) is 24.7 Å². The van der Waals surface area contributed by atoms with Crippen LogP contribution in [0, 0.1) is 0 Å². The SMILES string of the molecule is CCN(C(=O)C1Cc2ccccc2N1)C1CC1. The number of rotatable bonds is 3. The number of amides is 1. The zero-order valence-electron chi connectivity index (χ0n) is 10.1. The molecule has 1 amide bonds. The molecule has 0 aromatic heterocycles. The Labute approximate surface area is 102 Å². The van der Waals surface area contributed by atoms with E-state index >= 15 is 0 Å². The molecule has 0 spiro atoms. The Bertz CT molecular complexity index is 415. The minimum absolute atomic E-state index is 0.0482. The Hall–Kier alpha value is -1.51. The van der Waals surface area contributed by atoms with Gasteiger partial charge in [0.2, 0.25) is 5.91 Å². The number of nitrogens with zero attached hydrogens (tertiary/aromatic N) is 1. The van der Waals surface area contributed by atoms with Crippen LogP contribution in [-0.2, 0) is 11.2 Å². The first-order chi connectivity index (χ1) is 8.29. The number of carbonyl (C=O) groups excluding carboxylic acids is 1. The third-order valence-corrected chi connectivity index (χ3v) is 3.68. The van der Waals surface area contributed by atoms with E-state index in [1.165, 1.54) is 18.4 Å². The molecular weight excluding hydrogens is 212 g/mol. The lowest BCUT2D eigenvalue weighted by Crippen LogP contribution is -2.43. The number of hydrogen-bond acceptors (Lipinski definition) is 2. The van der Waals surface area contributed by atoms with Gasteiger partial charge < -0.3 is 10.2 Å². The maximum atomic E-state index is 12.4. The van der Waals surface area contributed by atoms with Crippen LogP contribution in [0.15, 0.2) is 24.3 Å². The number of carbonyl (C=O) groups is 1. The van der Waals surface area contributed by atoms with Gasteiger partial charge in [-0.05, 0) is 31.4 Å². The van der Waals surface area contributed by atoms with Gasteiger partial charge >= 0.3 is 0 Å². The smallest absolute Gasteiger partial charge is 0.245 e. The van der Waals surface area contributed by atoms with Crippen LogP contribution in [0.1, 0.15) is 25.3 Å². The molecule has 1 fully saturated rings. The normalized spacial score (nSPS) is 21.8. The van der Waals surface area contributed by atoms with Crippen molar-refractivity contribution in [2.45, 2.75) is 38.3 Å². The maximum Gasteiger partial charge on any atom is 0.245 e. The minimum Gasteiger partial charge on any atom is -0.373 e. The van der Waals surface area contributed by atoms with Gasteiger partial charge in [0.25, 0.3) is 0 Å². The average Bonchev–Trinajstić information content (AvgIpc) is 3.08. The fraction of sp³-hybridized carbons (Fsp3) is 0.500. The van der Waals surface area contributed by atoms with E-state index in [4.69, 9.17) is 0 Å². The summed E-state index contributed by atoms with van der Waals surface area (Å²) in [7, 11) is 0. The van der Waals surface area contributed by atoms with Gasteiger partial charge in [-0.3, -0.25) is 4.79 Å². The Morgan fingerprint density at radius 3 is 2.82 bits per heavy atom. The van der Waals surface area contributed by atoms with E-state index in [0.717, 1.165) is 18.7 Å². The Kier molecular flexibility index (Phi) is 2.54. The number of fused-ring (bicyclic) bond motifs is 1. The largest absolute Gasteiger partial charge is 0.373 e. The summed E-state index contributed by atoms with van der Waals surface area (Å²) >= 11 is 0. The molecule has 3 nitrogen and oxygen atoms in total. The third kappa shape index (κ3) is 1.90. The zero-order chi connectivity index (χ0) is 11.8. The molecule has 1 aromatic rings. The first kappa shape index (κ1) is 10.6. The summed E-state index contributed by atoms with van der Waals surface area (Å²) in [5.41, 5.74) is 2.38. The summed E-state index contributed by atoms with van der Waals surface area (Å²) in [6.45, 7) is 2.90. The van der Waals surface area contributed by atoms with Crippen molar-refractivity contribution >= 4 is 11.6 Å². The molecule has 17 heavy (non-hydrogen) atoms. The Morgan fingerprint density at radius 2 is 2.18 bits per heavy atom. The second-order valence-corrected chi connectivity index (χ2v) is 4.91. The Balaban J connectivity index is 1.73. The van der Waals surface area contributed by atoms with Crippen LogP contribution in [0.4, 0.5) is 5.69 Å². The van der Waals surface area contributed by atoms with Crippen molar-refractivity contribution in [1.82, 2.24) is 4.90 Å². The van der Waals surface area contributed by atoms with Gasteiger partial charge in [0.15, 0.2) is 0 Å². The molecule has 1 N–H and O–H groups in total. The molecule has 1 atom stereocenters. The number of para-hydroxylation sites is 1. The average molecular weight is 230 g/mol. The van der Waals surface area contributed by atoms with Crippen molar-refractivity contribution in [1.29, 1.82) is 0 Å². The lowest BCUT2D eigenvalue weighted by molar-refractivity contribution is -0.132. The van der Waals surface area contributed by atoms with Crippen LogP contribution in [0.2, 0.25) is 0 Å². The van der Waals surface area contributed by atoms with Crippen LogP contribution in [0.25, 0.3) is 0 Å². The number of nitrogens with one attached hydrogen (secondary N) is 1. The molecule has 1 aromatic carbocycles. The quantitative estimate of drug-likeness (QED) is 0.861. The highest BCUT2D eigenvalue weighted by atomic mass is 16.2. The van der Waals surface area contributed by atoms with Gasteiger partial charge in [0.1, 0.15) is 6.04 Å². The fourth-order valence-corrected chi connectivity index (χ4v) is 2.63. The summed E-state index contributed by atoms with van der Waals surface area (Å²) < 4.78 is 0. The summed E-state index contributed by atoms with van der Waals surface area (Å²) in [5.74, 6) is 0.270. The molecule has 1 unspecified atom stereocenters. The third-order valence-electron chi connectivity index (χ3n) is 3.68. The predicted octanol–water partition coefficient (Wildman–Crippen LogP) is 2.03. The van der Waals surface area contributed by atoms with E-state index in [9.17, 15) is 4.79 Å². The molecule has 0 bridgehead atoms. The lowest BCUT2D eigenvalue weighted by Gasteiger charge is -2.24. The van der Waals surface area contributed by atoms with Crippen LogP contribution in [-0.4, -0.2) is 29.4 Å². The maximum absolute atomic E-state index is 12.4. The summed E-state index contributed by atoms with van der Waals surface area (Å²) in [6.07, 6.45) is 3.19. The highest BCUT2D eigenvalue weighted by Gasteiger charge is 2.36. The van der Waals surface area contributed by atoms with E-state index in [-0.39, 0.29) is 11.9 Å². The highest BCUT2D eigenvalue weighted by molar-refractivity contribution is 5.87. The molecule has 1 aliphatic heterocycles. The number of anilines is 1. The van der Waals surface area contributed by atoms with Crippen molar-refractivity contribution in [2.24, 2.45) is 0 Å². The van der Waals surface area contributed by atoms with Crippen molar-refractivity contribution in [3.8, 4) is 0 Å². The first-order valence-electron chi connectivity index (χ1n) is 6.44. The first-order valence-corrected chi connectivity index (χ1v) is 6.44. The molecule has 90 valence electrons. The van der Waals surface area contributed by atoms with Crippen molar-refractivity contribution in [2.75, 3.05) is 11.9 Å². The highest BCUT2D eigenvalue weighted by Crippen LogP contribution is 2.30. The molecule has 3 rings (SSSR count). The van der Waals surface area contributed by atoms with E-state index < -0.39 is 0 Å². The van der Waals surface area contributed by atoms with Crippen molar-refractivity contribution < 1.29 is 4.79 Å². The lowest BCUT2D eigenvalue weighted by atomic mass is 10.1. The summed E-state index contributed by atoms with van der Waals surface area (Å²) in [6, 6.07) is 8.66. The number of hydrogen-bond donors (Lipinski definition) is 1. The summed E-state index contributed by atoms with van der Waals surface area (Å²) in [5, 5.41) is 3.34. The minimum atomic E-state index is -0.0482. The molecule has 0 saturated heterocycles. The topological polar surface area (TPSA) is 32.3 Å². The van der Waals surface area contributed by atoms with E-state index in [1.807, 2.05) is 17.0 Å².